The molecule has 0 radical (unpaired) electrons. The summed E-state index contributed by atoms with van der Waals surface area (Å²) in [5.41, 5.74) is 3.14. The lowest BCUT2D eigenvalue weighted by molar-refractivity contribution is -0.127. The summed E-state index contributed by atoms with van der Waals surface area (Å²) >= 11 is 0. The average Bonchev–Trinajstić information content (AvgIpc) is 2.74. The predicted molar refractivity (Wildman–Crippen MR) is 108 cm³/mol. The first-order chi connectivity index (χ1) is 13.6. The minimum atomic E-state index is -0.670. The highest BCUT2D eigenvalue weighted by Gasteiger charge is 2.40. The van der Waals surface area contributed by atoms with Crippen LogP contribution in [-0.2, 0) is 23.2 Å². The lowest BCUT2D eigenvalue weighted by Gasteiger charge is -2.33. The third kappa shape index (κ3) is 3.71. The Bertz CT molecular complexity index is 961. The number of pyridine rings is 1. The second-order valence-corrected chi connectivity index (χ2v) is 7.28. The Labute approximate surface area is 164 Å². The molecule has 3 aromatic rings. The molecule has 1 aliphatic rings. The molecule has 1 aromatic carbocycles. The number of benzene rings is 1. The molecule has 0 saturated carbocycles. The van der Waals surface area contributed by atoms with Crippen LogP contribution in [-0.4, -0.2) is 20.9 Å². The van der Waals surface area contributed by atoms with Crippen LogP contribution >= 0.6 is 0 Å². The molecule has 6 heteroatoms. The van der Waals surface area contributed by atoms with Gasteiger partial charge in [0.15, 0.2) is 0 Å². The van der Waals surface area contributed by atoms with E-state index in [4.69, 9.17) is 4.98 Å². The van der Waals surface area contributed by atoms with Crippen molar-refractivity contribution in [3.05, 3.63) is 77.9 Å². The SMILES string of the molecule is CC1(C(=O)NCc2ccncc2)CCCc2cnc(Nc3ccccc3)nc21. The molecule has 142 valence electrons. The highest BCUT2D eigenvalue weighted by Crippen LogP contribution is 2.36. The van der Waals surface area contributed by atoms with E-state index in [-0.39, 0.29) is 5.91 Å². The average molecular weight is 373 g/mol. The highest BCUT2D eigenvalue weighted by molar-refractivity contribution is 5.88. The normalized spacial score (nSPS) is 18.2. The number of nitrogens with zero attached hydrogens (tertiary/aromatic N) is 3. The molecule has 4 rings (SSSR count). The number of aryl methyl sites for hydroxylation is 1. The number of amides is 1. The van der Waals surface area contributed by atoms with Crippen molar-refractivity contribution in [3.63, 3.8) is 0 Å². The molecule has 6 nitrogen and oxygen atoms in total. The second kappa shape index (κ2) is 7.76. The number of para-hydroxylation sites is 1. The Morgan fingerprint density at radius 3 is 2.71 bits per heavy atom. The van der Waals surface area contributed by atoms with E-state index >= 15 is 0 Å². The monoisotopic (exact) mass is 373 g/mol. The van der Waals surface area contributed by atoms with Crippen molar-refractivity contribution in [2.75, 3.05) is 5.32 Å². The third-order valence-electron chi connectivity index (χ3n) is 5.24. The van der Waals surface area contributed by atoms with Gasteiger partial charge in [-0.2, -0.15) is 0 Å². The maximum absolute atomic E-state index is 13.1. The molecule has 1 amide bonds. The van der Waals surface area contributed by atoms with Gasteiger partial charge in [-0.15, -0.1) is 0 Å². The molecular weight excluding hydrogens is 350 g/mol. The van der Waals surface area contributed by atoms with E-state index in [1.54, 1.807) is 12.4 Å². The van der Waals surface area contributed by atoms with Crippen molar-refractivity contribution < 1.29 is 4.79 Å². The summed E-state index contributed by atoms with van der Waals surface area (Å²) in [7, 11) is 0. The zero-order valence-electron chi connectivity index (χ0n) is 15.9. The van der Waals surface area contributed by atoms with Gasteiger partial charge >= 0.3 is 0 Å². The van der Waals surface area contributed by atoms with Gasteiger partial charge in [0.2, 0.25) is 11.9 Å². The van der Waals surface area contributed by atoms with Crippen LogP contribution in [0.15, 0.2) is 61.1 Å². The van der Waals surface area contributed by atoms with Crippen LogP contribution in [0.3, 0.4) is 0 Å². The Morgan fingerprint density at radius 2 is 1.93 bits per heavy atom. The predicted octanol–water partition coefficient (Wildman–Crippen LogP) is 3.53. The van der Waals surface area contributed by atoms with E-state index in [1.165, 1.54) is 0 Å². The molecule has 28 heavy (non-hydrogen) atoms. The number of carbonyl (C=O) groups excluding carboxylic acids is 1. The summed E-state index contributed by atoms with van der Waals surface area (Å²) in [6, 6.07) is 13.6. The number of rotatable bonds is 5. The van der Waals surface area contributed by atoms with Gasteiger partial charge in [0, 0.05) is 30.8 Å². The minimum Gasteiger partial charge on any atom is -0.351 e. The van der Waals surface area contributed by atoms with Crippen molar-refractivity contribution >= 4 is 17.5 Å². The van der Waals surface area contributed by atoms with Crippen molar-refractivity contribution in [2.24, 2.45) is 0 Å². The van der Waals surface area contributed by atoms with Crippen LogP contribution in [0.4, 0.5) is 11.6 Å². The quantitative estimate of drug-likeness (QED) is 0.715. The number of carbonyl (C=O) groups is 1. The molecule has 1 aliphatic carbocycles. The molecule has 2 aromatic heterocycles. The first-order valence-electron chi connectivity index (χ1n) is 9.51. The molecule has 1 atom stereocenters. The minimum absolute atomic E-state index is 0.00498. The summed E-state index contributed by atoms with van der Waals surface area (Å²) in [6.45, 7) is 2.46. The third-order valence-corrected chi connectivity index (χ3v) is 5.24. The van der Waals surface area contributed by atoms with E-state index in [0.717, 1.165) is 41.8 Å². The van der Waals surface area contributed by atoms with Crippen LogP contribution in [0, 0.1) is 0 Å². The Morgan fingerprint density at radius 1 is 1.14 bits per heavy atom. The lowest BCUT2D eigenvalue weighted by atomic mass is 9.74. The number of fused-ring (bicyclic) bond motifs is 1. The Hall–Kier alpha value is -3.28. The van der Waals surface area contributed by atoms with Crippen LogP contribution in [0.1, 0.15) is 36.6 Å². The van der Waals surface area contributed by atoms with Gasteiger partial charge in [0.25, 0.3) is 0 Å². The van der Waals surface area contributed by atoms with Crippen molar-refractivity contribution in [1.29, 1.82) is 0 Å². The van der Waals surface area contributed by atoms with Crippen LogP contribution in [0.2, 0.25) is 0 Å². The van der Waals surface area contributed by atoms with Gasteiger partial charge in [0.1, 0.15) is 0 Å². The van der Waals surface area contributed by atoms with Crippen LogP contribution < -0.4 is 10.6 Å². The van der Waals surface area contributed by atoms with Crippen LogP contribution in [0.5, 0.6) is 0 Å². The first kappa shape index (κ1) is 18.1. The first-order valence-corrected chi connectivity index (χ1v) is 9.51. The topological polar surface area (TPSA) is 79.8 Å². The van der Waals surface area contributed by atoms with E-state index in [0.29, 0.717) is 12.5 Å². The summed E-state index contributed by atoms with van der Waals surface area (Å²) in [4.78, 5) is 26.3. The molecule has 2 N–H and O–H groups in total. The Kier molecular flexibility index (Phi) is 5.02. The number of hydrogen-bond donors (Lipinski definition) is 2. The van der Waals surface area contributed by atoms with Crippen molar-refractivity contribution in [2.45, 2.75) is 38.1 Å². The van der Waals surface area contributed by atoms with Crippen LogP contribution in [0.25, 0.3) is 0 Å². The Balaban J connectivity index is 1.57. The van der Waals surface area contributed by atoms with E-state index < -0.39 is 5.41 Å². The smallest absolute Gasteiger partial charge is 0.232 e. The number of hydrogen-bond acceptors (Lipinski definition) is 5. The molecule has 0 saturated heterocycles. The maximum atomic E-state index is 13.1. The fourth-order valence-corrected chi connectivity index (χ4v) is 3.63. The largest absolute Gasteiger partial charge is 0.351 e. The maximum Gasteiger partial charge on any atom is 0.232 e. The molecule has 0 spiro atoms. The molecule has 0 fully saturated rings. The van der Waals surface area contributed by atoms with Crippen molar-refractivity contribution in [3.8, 4) is 0 Å². The number of nitrogens with one attached hydrogen (secondary N) is 2. The van der Waals surface area contributed by atoms with Gasteiger partial charge in [0.05, 0.1) is 11.1 Å². The van der Waals surface area contributed by atoms with Gasteiger partial charge in [-0.1, -0.05) is 18.2 Å². The van der Waals surface area contributed by atoms with Crippen molar-refractivity contribution in [1.82, 2.24) is 20.3 Å². The van der Waals surface area contributed by atoms with Gasteiger partial charge in [-0.05, 0) is 61.6 Å². The summed E-state index contributed by atoms with van der Waals surface area (Å²) < 4.78 is 0. The lowest BCUT2D eigenvalue weighted by Crippen LogP contribution is -2.45. The van der Waals surface area contributed by atoms with E-state index in [9.17, 15) is 4.79 Å². The number of anilines is 2. The zero-order valence-corrected chi connectivity index (χ0v) is 15.9. The second-order valence-electron chi connectivity index (χ2n) is 7.28. The molecular formula is C22H23N5O. The molecule has 2 heterocycles. The highest BCUT2D eigenvalue weighted by atomic mass is 16.2. The summed E-state index contributed by atoms with van der Waals surface area (Å²) in [5, 5.41) is 6.30. The molecule has 1 unspecified atom stereocenters. The fraction of sp³-hybridized carbons (Fsp3) is 0.273. The standard InChI is InChI=1S/C22H23N5O/c1-22(20(28)24-14-16-9-12-23-13-10-16)11-5-6-17-15-25-21(27-19(17)22)26-18-7-3-2-4-8-18/h2-4,7-10,12-13,15H,5-6,11,14H2,1H3,(H,24,28)(H,25,26,27). The molecule has 0 bridgehead atoms. The van der Waals surface area contributed by atoms with E-state index in [1.807, 2.05) is 55.6 Å². The van der Waals surface area contributed by atoms with E-state index in [2.05, 4.69) is 20.6 Å². The summed E-state index contributed by atoms with van der Waals surface area (Å²) in [5.74, 6) is 0.509. The number of aromatic nitrogens is 3. The zero-order chi connectivity index (χ0) is 19.4. The van der Waals surface area contributed by atoms with Gasteiger partial charge in [-0.3, -0.25) is 9.78 Å². The van der Waals surface area contributed by atoms with Gasteiger partial charge < -0.3 is 10.6 Å². The summed E-state index contributed by atoms with van der Waals surface area (Å²) in [6.07, 6.45) is 7.92. The van der Waals surface area contributed by atoms with Gasteiger partial charge in [-0.25, -0.2) is 9.97 Å². The molecule has 0 aliphatic heterocycles. The fourth-order valence-electron chi connectivity index (χ4n) is 3.63.